The molecule has 0 bridgehead atoms. The summed E-state index contributed by atoms with van der Waals surface area (Å²) in [6, 6.07) is 7.81. The summed E-state index contributed by atoms with van der Waals surface area (Å²) >= 11 is 0. The fourth-order valence-electron chi connectivity index (χ4n) is 2.05. The maximum atomic E-state index is 10.9. The number of rotatable bonds is 5. The minimum absolute atomic E-state index is 0.0566. The van der Waals surface area contributed by atoms with Gasteiger partial charge in [-0.25, -0.2) is 0 Å². The van der Waals surface area contributed by atoms with Gasteiger partial charge in [0, 0.05) is 32.4 Å². The Balaban J connectivity index is 1.98. The molecule has 5 heteroatoms. The molecule has 0 aliphatic heterocycles. The number of aryl methyl sites for hydroxylation is 2. The van der Waals surface area contributed by atoms with E-state index in [1.165, 1.54) is 6.92 Å². The van der Waals surface area contributed by atoms with Crippen LogP contribution in [0.15, 0.2) is 30.5 Å². The van der Waals surface area contributed by atoms with Crippen molar-refractivity contribution in [1.82, 2.24) is 9.78 Å². The highest BCUT2D eigenvalue weighted by atomic mass is 16.1. The zero-order valence-corrected chi connectivity index (χ0v) is 12.1. The number of amides is 1. The highest BCUT2D eigenvalue weighted by Gasteiger charge is 2.05. The molecule has 1 amide bonds. The fourth-order valence-corrected chi connectivity index (χ4v) is 2.05. The van der Waals surface area contributed by atoms with Crippen LogP contribution in [0.5, 0.6) is 0 Å². The van der Waals surface area contributed by atoms with Gasteiger partial charge in [-0.15, -0.1) is 0 Å². The van der Waals surface area contributed by atoms with E-state index in [0.29, 0.717) is 0 Å². The lowest BCUT2D eigenvalue weighted by Gasteiger charge is -2.07. The summed E-state index contributed by atoms with van der Waals surface area (Å²) in [6.07, 6.45) is 2.90. The van der Waals surface area contributed by atoms with Crippen molar-refractivity contribution >= 4 is 17.3 Å². The van der Waals surface area contributed by atoms with Gasteiger partial charge in [-0.05, 0) is 24.1 Å². The number of benzene rings is 1. The SMILES string of the molecule is CCc1nn(C)cc1NCc1ccc(NC(C)=O)cc1. The molecule has 0 saturated carbocycles. The van der Waals surface area contributed by atoms with E-state index >= 15 is 0 Å². The van der Waals surface area contributed by atoms with Crippen LogP contribution in [0.2, 0.25) is 0 Å². The van der Waals surface area contributed by atoms with Crippen LogP contribution in [-0.2, 0) is 24.8 Å². The minimum atomic E-state index is -0.0566. The van der Waals surface area contributed by atoms with E-state index in [1.54, 1.807) is 0 Å². The van der Waals surface area contributed by atoms with Crippen molar-refractivity contribution in [1.29, 1.82) is 0 Å². The van der Waals surface area contributed by atoms with Crippen molar-refractivity contribution in [3.05, 3.63) is 41.7 Å². The Morgan fingerprint density at radius 1 is 1.30 bits per heavy atom. The average Bonchev–Trinajstić information content (AvgIpc) is 2.78. The topological polar surface area (TPSA) is 59.0 Å². The van der Waals surface area contributed by atoms with Crippen molar-refractivity contribution in [2.24, 2.45) is 7.05 Å². The van der Waals surface area contributed by atoms with Gasteiger partial charge in [0.15, 0.2) is 0 Å². The average molecular weight is 272 g/mol. The number of hydrogen-bond acceptors (Lipinski definition) is 3. The third-order valence-corrected chi connectivity index (χ3v) is 3.00. The Kier molecular flexibility index (Phi) is 4.40. The molecule has 1 heterocycles. The van der Waals surface area contributed by atoms with E-state index in [9.17, 15) is 4.79 Å². The van der Waals surface area contributed by atoms with Crippen LogP contribution in [0.4, 0.5) is 11.4 Å². The Labute approximate surface area is 119 Å². The van der Waals surface area contributed by atoms with Crippen LogP contribution in [0, 0.1) is 0 Å². The van der Waals surface area contributed by atoms with Gasteiger partial charge in [-0.2, -0.15) is 5.10 Å². The molecular weight excluding hydrogens is 252 g/mol. The monoisotopic (exact) mass is 272 g/mol. The molecule has 0 fully saturated rings. The molecule has 0 atom stereocenters. The summed E-state index contributed by atoms with van der Waals surface area (Å²) in [5.41, 5.74) is 4.12. The van der Waals surface area contributed by atoms with Gasteiger partial charge in [-0.3, -0.25) is 9.48 Å². The lowest BCUT2D eigenvalue weighted by Crippen LogP contribution is -2.06. The predicted octanol–water partition coefficient (Wildman–Crippen LogP) is 2.55. The largest absolute Gasteiger partial charge is 0.378 e. The molecule has 0 spiro atoms. The molecule has 0 radical (unpaired) electrons. The standard InChI is InChI=1S/C15H20N4O/c1-4-14-15(10-19(3)18-14)16-9-12-5-7-13(8-6-12)17-11(2)20/h5-8,10,16H,4,9H2,1-3H3,(H,17,20). The Bertz CT molecular complexity index is 586. The van der Waals surface area contributed by atoms with Crippen molar-refractivity contribution in [3.63, 3.8) is 0 Å². The first-order chi connectivity index (χ1) is 9.58. The minimum Gasteiger partial charge on any atom is -0.378 e. The number of hydrogen-bond donors (Lipinski definition) is 2. The van der Waals surface area contributed by atoms with E-state index in [-0.39, 0.29) is 5.91 Å². The zero-order chi connectivity index (χ0) is 14.5. The number of carbonyl (C=O) groups excluding carboxylic acids is 1. The van der Waals surface area contributed by atoms with Gasteiger partial charge in [0.05, 0.1) is 11.4 Å². The molecule has 2 rings (SSSR count). The third kappa shape index (κ3) is 3.60. The van der Waals surface area contributed by atoms with Crippen LogP contribution in [0.1, 0.15) is 25.1 Å². The van der Waals surface area contributed by atoms with Crippen molar-refractivity contribution in [2.45, 2.75) is 26.8 Å². The van der Waals surface area contributed by atoms with Gasteiger partial charge in [0.1, 0.15) is 0 Å². The molecule has 0 aliphatic carbocycles. The maximum Gasteiger partial charge on any atom is 0.221 e. The quantitative estimate of drug-likeness (QED) is 0.879. The molecule has 0 saturated heterocycles. The molecule has 0 aliphatic rings. The Hall–Kier alpha value is -2.30. The van der Waals surface area contributed by atoms with Crippen molar-refractivity contribution in [3.8, 4) is 0 Å². The van der Waals surface area contributed by atoms with Crippen LogP contribution in [0.3, 0.4) is 0 Å². The lowest BCUT2D eigenvalue weighted by molar-refractivity contribution is -0.114. The predicted molar refractivity (Wildman–Crippen MR) is 80.7 cm³/mol. The molecule has 2 N–H and O–H groups in total. The van der Waals surface area contributed by atoms with Crippen LogP contribution >= 0.6 is 0 Å². The number of carbonyl (C=O) groups is 1. The Morgan fingerprint density at radius 2 is 2.00 bits per heavy atom. The second-order valence-corrected chi connectivity index (χ2v) is 4.75. The number of anilines is 2. The van der Waals surface area contributed by atoms with Gasteiger partial charge in [-0.1, -0.05) is 19.1 Å². The normalized spacial score (nSPS) is 10.3. The van der Waals surface area contributed by atoms with Crippen molar-refractivity contribution < 1.29 is 4.79 Å². The van der Waals surface area contributed by atoms with E-state index in [4.69, 9.17) is 0 Å². The summed E-state index contributed by atoms with van der Waals surface area (Å²) in [5.74, 6) is -0.0566. The zero-order valence-electron chi connectivity index (χ0n) is 12.1. The van der Waals surface area contributed by atoms with Gasteiger partial charge < -0.3 is 10.6 Å². The maximum absolute atomic E-state index is 10.9. The molecule has 106 valence electrons. The van der Waals surface area contributed by atoms with Gasteiger partial charge in [0.2, 0.25) is 5.91 Å². The third-order valence-electron chi connectivity index (χ3n) is 3.00. The number of aromatic nitrogens is 2. The number of nitrogens with one attached hydrogen (secondary N) is 2. The first-order valence-electron chi connectivity index (χ1n) is 6.71. The second kappa shape index (κ2) is 6.23. The molecule has 5 nitrogen and oxygen atoms in total. The van der Waals surface area contributed by atoms with E-state index in [1.807, 2.05) is 42.2 Å². The Morgan fingerprint density at radius 3 is 2.60 bits per heavy atom. The summed E-state index contributed by atoms with van der Waals surface area (Å²) in [6.45, 7) is 4.33. The first kappa shape index (κ1) is 14.1. The summed E-state index contributed by atoms with van der Waals surface area (Å²) in [7, 11) is 1.92. The van der Waals surface area contributed by atoms with Crippen LogP contribution in [-0.4, -0.2) is 15.7 Å². The molecular formula is C15H20N4O. The van der Waals surface area contributed by atoms with E-state index < -0.39 is 0 Å². The molecule has 1 aromatic carbocycles. The number of nitrogens with zero attached hydrogens (tertiary/aromatic N) is 2. The molecule has 20 heavy (non-hydrogen) atoms. The van der Waals surface area contributed by atoms with Crippen LogP contribution < -0.4 is 10.6 Å². The van der Waals surface area contributed by atoms with Crippen molar-refractivity contribution in [2.75, 3.05) is 10.6 Å². The lowest BCUT2D eigenvalue weighted by atomic mass is 10.2. The summed E-state index contributed by atoms with van der Waals surface area (Å²) in [5, 5.41) is 10.5. The molecule has 2 aromatic rings. The van der Waals surface area contributed by atoms with E-state index in [0.717, 1.165) is 35.6 Å². The van der Waals surface area contributed by atoms with E-state index in [2.05, 4.69) is 22.7 Å². The summed E-state index contributed by atoms with van der Waals surface area (Å²) < 4.78 is 1.82. The van der Waals surface area contributed by atoms with Gasteiger partial charge >= 0.3 is 0 Å². The molecule has 1 aromatic heterocycles. The second-order valence-electron chi connectivity index (χ2n) is 4.75. The first-order valence-corrected chi connectivity index (χ1v) is 6.71. The fraction of sp³-hybridized carbons (Fsp3) is 0.333. The summed E-state index contributed by atoms with van der Waals surface area (Å²) in [4.78, 5) is 10.9. The molecule has 0 unspecified atom stereocenters. The smallest absolute Gasteiger partial charge is 0.221 e. The van der Waals surface area contributed by atoms with Crippen LogP contribution in [0.25, 0.3) is 0 Å². The van der Waals surface area contributed by atoms with Gasteiger partial charge in [0.25, 0.3) is 0 Å². The highest BCUT2D eigenvalue weighted by molar-refractivity contribution is 5.88. The highest BCUT2D eigenvalue weighted by Crippen LogP contribution is 2.16.